The highest BCUT2D eigenvalue weighted by atomic mass is 35.5. The molecule has 0 aromatic heterocycles. The molecule has 2 rings (SSSR count). The Balaban J connectivity index is 2.16. The van der Waals surface area contributed by atoms with Gasteiger partial charge >= 0.3 is 0 Å². The summed E-state index contributed by atoms with van der Waals surface area (Å²) in [5, 5.41) is 12.7. The number of aliphatic hydroxyl groups excluding tert-OH is 1. The average molecular weight is 388 g/mol. The first-order valence-electron chi connectivity index (χ1n) is 7.88. The third-order valence-corrected chi connectivity index (χ3v) is 4.12. The molecule has 0 fully saturated rings. The van der Waals surface area contributed by atoms with Crippen molar-refractivity contribution in [2.75, 3.05) is 19.8 Å². The molecule has 0 aliphatic heterocycles. The van der Waals surface area contributed by atoms with Crippen LogP contribution in [0.3, 0.4) is 0 Å². The topological polar surface area (TPSA) is 50.7 Å². The summed E-state index contributed by atoms with van der Waals surface area (Å²) in [5.41, 5.74) is 1.50. The predicted octanol–water partition coefficient (Wildman–Crippen LogP) is 4.19. The van der Waals surface area contributed by atoms with Crippen molar-refractivity contribution in [2.24, 2.45) is 0 Å². The molecule has 0 atom stereocenters. The summed E-state index contributed by atoms with van der Waals surface area (Å²) in [4.78, 5) is 0. The number of aliphatic hydroxyl groups is 1. The number of ether oxygens (including phenoxy) is 2. The molecular weight excluding hydrogens is 368 g/mol. The Labute approximate surface area is 156 Å². The van der Waals surface area contributed by atoms with Gasteiger partial charge in [-0.2, -0.15) is 0 Å². The molecule has 2 aromatic carbocycles. The van der Waals surface area contributed by atoms with E-state index in [-0.39, 0.29) is 13.2 Å². The monoisotopic (exact) mass is 387 g/mol. The van der Waals surface area contributed by atoms with E-state index in [4.69, 9.17) is 37.8 Å². The molecule has 0 heterocycles. The van der Waals surface area contributed by atoms with Crippen LogP contribution >= 0.6 is 23.2 Å². The minimum absolute atomic E-state index is 0.0512. The molecule has 0 saturated carbocycles. The first-order valence-corrected chi connectivity index (χ1v) is 8.64. The maximum absolute atomic E-state index is 13.1. The van der Waals surface area contributed by atoms with Gasteiger partial charge in [-0.05, 0) is 30.7 Å². The maximum Gasteiger partial charge on any atom is 0.163 e. The summed E-state index contributed by atoms with van der Waals surface area (Å²) in [6, 6.07) is 7.63. The van der Waals surface area contributed by atoms with Crippen molar-refractivity contribution in [1.82, 2.24) is 5.32 Å². The second-order valence-electron chi connectivity index (χ2n) is 5.25. The van der Waals surface area contributed by atoms with Gasteiger partial charge in [-0.1, -0.05) is 29.3 Å². The number of hydrogen-bond donors (Lipinski definition) is 2. The molecule has 0 saturated heterocycles. The lowest BCUT2D eigenvalue weighted by molar-refractivity contribution is 0.269. The van der Waals surface area contributed by atoms with Gasteiger partial charge in [-0.3, -0.25) is 0 Å². The molecule has 136 valence electrons. The minimum atomic E-state index is -0.397. The standard InChI is InChI=1S/C18H20Cl2FNO3/c1-2-24-17-7-13(10-22-5-6-23)16(20)9-18(17)25-11-12-3-4-14(21)8-15(12)19/h3-4,7-9,22-23H,2,5-6,10-11H2,1H3. The normalized spacial score (nSPS) is 10.8. The van der Waals surface area contributed by atoms with Crippen LogP contribution in [0, 0.1) is 5.82 Å². The molecule has 7 heteroatoms. The lowest BCUT2D eigenvalue weighted by Crippen LogP contribution is -2.17. The van der Waals surface area contributed by atoms with Gasteiger partial charge in [0.05, 0.1) is 18.2 Å². The lowest BCUT2D eigenvalue weighted by Gasteiger charge is -2.15. The van der Waals surface area contributed by atoms with E-state index in [2.05, 4.69) is 5.32 Å². The van der Waals surface area contributed by atoms with Crippen molar-refractivity contribution in [3.05, 3.63) is 57.3 Å². The smallest absolute Gasteiger partial charge is 0.163 e. The van der Waals surface area contributed by atoms with Crippen molar-refractivity contribution in [2.45, 2.75) is 20.1 Å². The van der Waals surface area contributed by atoms with Crippen LogP contribution in [0.15, 0.2) is 30.3 Å². The van der Waals surface area contributed by atoms with E-state index < -0.39 is 5.82 Å². The molecule has 0 bridgehead atoms. The van der Waals surface area contributed by atoms with Crippen LogP contribution in [0.4, 0.5) is 4.39 Å². The number of halogens is 3. The first-order chi connectivity index (χ1) is 12.0. The highest BCUT2D eigenvalue weighted by Gasteiger charge is 2.12. The van der Waals surface area contributed by atoms with Crippen LogP contribution in [-0.4, -0.2) is 24.9 Å². The van der Waals surface area contributed by atoms with E-state index in [9.17, 15) is 4.39 Å². The van der Waals surface area contributed by atoms with Crippen molar-refractivity contribution < 1.29 is 19.0 Å². The van der Waals surface area contributed by atoms with Crippen molar-refractivity contribution in [3.63, 3.8) is 0 Å². The van der Waals surface area contributed by atoms with E-state index in [1.807, 2.05) is 6.92 Å². The Morgan fingerprint density at radius 2 is 1.76 bits per heavy atom. The molecule has 0 spiro atoms. The molecule has 0 unspecified atom stereocenters. The summed E-state index contributed by atoms with van der Waals surface area (Å²) in [5.74, 6) is 0.649. The van der Waals surface area contributed by atoms with E-state index in [0.29, 0.717) is 46.8 Å². The van der Waals surface area contributed by atoms with Crippen LogP contribution in [0.1, 0.15) is 18.1 Å². The average Bonchev–Trinajstić information content (AvgIpc) is 2.57. The Hall–Kier alpha value is -1.53. The largest absolute Gasteiger partial charge is 0.490 e. The van der Waals surface area contributed by atoms with Gasteiger partial charge in [-0.15, -0.1) is 0 Å². The van der Waals surface area contributed by atoms with E-state index >= 15 is 0 Å². The SMILES string of the molecule is CCOc1cc(CNCCO)c(Cl)cc1OCc1ccc(F)cc1Cl. The van der Waals surface area contributed by atoms with Crippen molar-refractivity contribution >= 4 is 23.2 Å². The fourth-order valence-corrected chi connectivity index (χ4v) is 2.63. The van der Waals surface area contributed by atoms with Crippen molar-refractivity contribution in [3.8, 4) is 11.5 Å². The van der Waals surface area contributed by atoms with Gasteiger partial charge in [0.1, 0.15) is 12.4 Å². The fraction of sp³-hybridized carbons (Fsp3) is 0.333. The Kier molecular flexibility index (Phi) is 7.78. The highest BCUT2D eigenvalue weighted by molar-refractivity contribution is 6.31. The van der Waals surface area contributed by atoms with Gasteiger partial charge in [0, 0.05) is 29.7 Å². The predicted molar refractivity (Wildman–Crippen MR) is 97.2 cm³/mol. The maximum atomic E-state index is 13.1. The van der Waals surface area contributed by atoms with Gasteiger partial charge in [0.2, 0.25) is 0 Å². The molecule has 0 radical (unpaired) electrons. The fourth-order valence-electron chi connectivity index (χ4n) is 2.19. The molecule has 2 N–H and O–H groups in total. The quantitative estimate of drug-likeness (QED) is 0.633. The molecule has 0 aliphatic rings. The summed E-state index contributed by atoms with van der Waals surface area (Å²) in [6.07, 6.45) is 0. The summed E-state index contributed by atoms with van der Waals surface area (Å²) in [6.45, 7) is 3.54. The molecule has 25 heavy (non-hydrogen) atoms. The van der Waals surface area contributed by atoms with Gasteiger partial charge in [0.15, 0.2) is 11.5 Å². The van der Waals surface area contributed by atoms with Crippen molar-refractivity contribution in [1.29, 1.82) is 0 Å². The zero-order chi connectivity index (χ0) is 18.2. The van der Waals surface area contributed by atoms with E-state index in [1.165, 1.54) is 12.1 Å². The van der Waals surface area contributed by atoms with Crippen LogP contribution in [0.2, 0.25) is 10.0 Å². The number of nitrogens with one attached hydrogen (secondary N) is 1. The van der Waals surface area contributed by atoms with Gasteiger partial charge in [-0.25, -0.2) is 4.39 Å². The summed E-state index contributed by atoms with van der Waals surface area (Å²) >= 11 is 12.3. The lowest BCUT2D eigenvalue weighted by atomic mass is 10.2. The third kappa shape index (κ3) is 5.75. The molecular formula is C18H20Cl2FNO3. The van der Waals surface area contributed by atoms with Gasteiger partial charge < -0.3 is 19.9 Å². The van der Waals surface area contributed by atoms with E-state index in [0.717, 1.165) is 5.56 Å². The molecule has 2 aromatic rings. The van der Waals surface area contributed by atoms with Crippen LogP contribution in [-0.2, 0) is 13.2 Å². The number of benzene rings is 2. The molecule has 0 amide bonds. The zero-order valence-electron chi connectivity index (χ0n) is 13.8. The minimum Gasteiger partial charge on any atom is -0.490 e. The van der Waals surface area contributed by atoms with Crippen LogP contribution < -0.4 is 14.8 Å². The number of rotatable bonds is 9. The molecule has 4 nitrogen and oxygen atoms in total. The van der Waals surface area contributed by atoms with E-state index in [1.54, 1.807) is 18.2 Å². The molecule has 0 aliphatic carbocycles. The second kappa shape index (κ2) is 9.82. The van der Waals surface area contributed by atoms with Gasteiger partial charge in [0.25, 0.3) is 0 Å². The zero-order valence-corrected chi connectivity index (χ0v) is 15.3. The third-order valence-electron chi connectivity index (χ3n) is 3.41. The Bertz CT molecular complexity index is 713. The summed E-state index contributed by atoms with van der Waals surface area (Å²) < 4.78 is 24.5. The second-order valence-corrected chi connectivity index (χ2v) is 6.06. The van der Waals surface area contributed by atoms with Crippen LogP contribution in [0.5, 0.6) is 11.5 Å². The Morgan fingerprint density at radius 3 is 2.44 bits per heavy atom. The van der Waals surface area contributed by atoms with Crippen LogP contribution in [0.25, 0.3) is 0 Å². The number of hydrogen-bond acceptors (Lipinski definition) is 4. The Morgan fingerprint density at radius 1 is 1.04 bits per heavy atom. The highest BCUT2D eigenvalue weighted by Crippen LogP contribution is 2.34. The first kappa shape index (κ1) is 19.8. The summed E-state index contributed by atoms with van der Waals surface area (Å²) in [7, 11) is 0.